The van der Waals surface area contributed by atoms with Crippen molar-refractivity contribution < 1.29 is 0 Å². The lowest BCUT2D eigenvalue weighted by atomic mass is 10.2. The lowest BCUT2D eigenvalue weighted by Crippen LogP contribution is -1.93. The van der Waals surface area contributed by atoms with Crippen molar-refractivity contribution in [3.05, 3.63) is 58.1 Å². The van der Waals surface area contributed by atoms with E-state index in [2.05, 4.69) is 0 Å². The Hall–Kier alpha value is -0.830. The van der Waals surface area contributed by atoms with Crippen molar-refractivity contribution in [2.45, 2.75) is 10.6 Å². The van der Waals surface area contributed by atoms with E-state index in [1.54, 1.807) is 11.8 Å². The molecule has 0 aliphatic carbocycles. The summed E-state index contributed by atoms with van der Waals surface area (Å²) >= 11 is 13.6. The van der Waals surface area contributed by atoms with Gasteiger partial charge >= 0.3 is 0 Å². The Morgan fingerprint density at radius 1 is 1.00 bits per heavy atom. The van der Waals surface area contributed by atoms with Gasteiger partial charge in [-0.05, 0) is 36.4 Å². The minimum absolute atomic E-state index is 0.714. The summed E-state index contributed by atoms with van der Waals surface area (Å²) in [7, 11) is 0. The van der Waals surface area contributed by atoms with Gasteiger partial charge in [0.25, 0.3) is 0 Å². The highest BCUT2D eigenvalue weighted by atomic mass is 35.5. The fourth-order valence-corrected chi connectivity index (χ4v) is 2.83. The van der Waals surface area contributed by atoms with Gasteiger partial charge in [0, 0.05) is 31.9 Å². The molecule has 88 valence electrons. The van der Waals surface area contributed by atoms with Gasteiger partial charge in [0.1, 0.15) is 0 Å². The fourth-order valence-electron chi connectivity index (χ4n) is 1.41. The molecule has 17 heavy (non-hydrogen) atoms. The Labute approximate surface area is 115 Å². The van der Waals surface area contributed by atoms with E-state index >= 15 is 0 Å². The van der Waals surface area contributed by atoms with E-state index in [-0.39, 0.29) is 0 Å². The number of hydrogen-bond acceptors (Lipinski definition) is 2. The van der Waals surface area contributed by atoms with E-state index in [0.29, 0.717) is 5.02 Å². The maximum Gasteiger partial charge on any atom is 0.0467 e. The third kappa shape index (κ3) is 3.32. The number of rotatable bonds is 3. The van der Waals surface area contributed by atoms with Gasteiger partial charge in [0.05, 0.1) is 0 Å². The Bertz CT molecular complexity index is 491. The summed E-state index contributed by atoms with van der Waals surface area (Å²) in [5.74, 6) is 0.757. The first kappa shape index (κ1) is 12.6. The lowest BCUT2D eigenvalue weighted by molar-refractivity contribution is 1.38. The van der Waals surface area contributed by atoms with Gasteiger partial charge < -0.3 is 5.73 Å². The predicted molar refractivity (Wildman–Crippen MR) is 76.9 cm³/mol. The van der Waals surface area contributed by atoms with Gasteiger partial charge in [-0.15, -0.1) is 11.8 Å². The molecule has 0 unspecified atom stereocenters. The van der Waals surface area contributed by atoms with Crippen molar-refractivity contribution in [3.63, 3.8) is 0 Å². The molecule has 0 atom stereocenters. The molecule has 0 saturated carbocycles. The number of hydrogen-bond donors (Lipinski definition) is 1. The van der Waals surface area contributed by atoms with Crippen LogP contribution in [0.25, 0.3) is 0 Å². The van der Waals surface area contributed by atoms with Crippen LogP contribution in [-0.2, 0) is 5.75 Å². The summed E-state index contributed by atoms with van der Waals surface area (Å²) in [5, 5.41) is 1.46. The average molecular weight is 284 g/mol. The van der Waals surface area contributed by atoms with E-state index in [1.807, 2.05) is 42.5 Å². The van der Waals surface area contributed by atoms with Gasteiger partial charge in [0.2, 0.25) is 0 Å². The maximum absolute atomic E-state index is 6.11. The van der Waals surface area contributed by atoms with Crippen LogP contribution in [0.4, 0.5) is 5.69 Å². The normalized spacial score (nSPS) is 10.5. The number of halogens is 2. The van der Waals surface area contributed by atoms with Crippen LogP contribution < -0.4 is 5.73 Å². The van der Waals surface area contributed by atoms with E-state index in [1.165, 1.54) is 0 Å². The maximum atomic E-state index is 6.11. The van der Waals surface area contributed by atoms with Crippen LogP contribution in [-0.4, -0.2) is 0 Å². The largest absolute Gasteiger partial charge is 0.398 e. The average Bonchev–Trinajstić information content (AvgIpc) is 2.31. The van der Waals surface area contributed by atoms with Crippen molar-refractivity contribution in [2.24, 2.45) is 0 Å². The Morgan fingerprint density at radius 3 is 2.35 bits per heavy atom. The van der Waals surface area contributed by atoms with Crippen molar-refractivity contribution in [3.8, 4) is 0 Å². The first-order valence-corrected chi connectivity index (χ1v) is 6.82. The first-order valence-electron chi connectivity index (χ1n) is 5.08. The van der Waals surface area contributed by atoms with Gasteiger partial charge in [-0.3, -0.25) is 0 Å². The zero-order chi connectivity index (χ0) is 12.3. The molecule has 0 aliphatic heterocycles. The summed E-state index contributed by atoms with van der Waals surface area (Å²) in [4.78, 5) is 1.15. The van der Waals surface area contributed by atoms with Crippen molar-refractivity contribution in [1.82, 2.24) is 0 Å². The zero-order valence-electron chi connectivity index (χ0n) is 8.99. The molecule has 0 aromatic heterocycles. The lowest BCUT2D eigenvalue weighted by Gasteiger charge is -2.07. The van der Waals surface area contributed by atoms with Crippen molar-refractivity contribution in [1.29, 1.82) is 0 Å². The molecule has 2 aromatic carbocycles. The highest BCUT2D eigenvalue weighted by molar-refractivity contribution is 7.98. The molecule has 0 radical (unpaired) electrons. The standard InChI is InChI=1S/C13H11Cl2NS/c14-9-4-6-10(7-5-9)17-8-11-12(15)2-1-3-13(11)16/h1-7H,8,16H2. The Morgan fingerprint density at radius 2 is 1.71 bits per heavy atom. The number of thioether (sulfide) groups is 1. The van der Waals surface area contributed by atoms with E-state index in [9.17, 15) is 0 Å². The zero-order valence-corrected chi connectivity index (χ0v) is 11.3. The van der Waals surface area contributed by atoms with Crippen LogP contribution in [0.15, 0.2) is 47.4 Å². The van der Waals surface area contributed by atoms with Gasteiger partial charge in [-0.25, -0.2) is 0 Å². The highest BCUT2D eigenvalue weighted by Gasteiger charge is 2.05. The molecule has 2 aromatic rings. The number of nitrogens with two attached hydrogens (primary N) is 1. The number of nitrogen functional groups attached to an aromatic ring is 1. The molecule has 4 heteroatoms. The fraction of sp³-hybridized carbons (Fsp3) is 0.0769. The molecule has 0 amide bonds. The van der Waals surface area contributed by atoms with Gasteiger partial charge in [0.15, 0.2) is 0 Å². The molecular weight excluding hydrogens is 273 g/mol. The SMILES string of the molecule is Nc1cccc(Cl)c1CSc1ccc(Cl)cc1. The summed E-state index contributed by atoms with van der Waals surface area (Å²) in [5.41, 5.74) is 7.61. The molecule has 1 nitrogen and oxygen atoms in total. The monoisotopic (exact) mass is 283 g/mol. The smallest absolute Gasteiger partial charge is 0.0467 e. The summed E-state index contributed by atoms with van der Waals surface area (Å²) in [6, 6.07) is 13.3. The predicted octanol–water partition coefficient (Wildman–Crippen LogP) is 4.87. The van der Waals surface area contributed by atoms with Crippen LogP contribution >= 0.6 is 35.0 Å². The van der Waals surface area contributed by atoms with E-state index in [0.717, 1.165) is 26.9 Å². The highest BCUT2D eigenvalue weighted by Crippen LogP contribution is 2.30. The van der Waals surface area contributed by atoms with Gasteiger partial charge in [-0.2, -0.15) is 0 Å². The minimum atomic E-state index is 0.714. The minimum Gasteiger partial charge on any atom is -0.398 e. The Balaban J connectivity index is 2.10. The van der Waals surface area contributed by atoms with Crippen molar-refractivity contribution >= 4 is 40.7 Å². The van der Waals surface area contributed by atoms with Crippen LogP contribution in [0, 0.1) is 0 Å². The van der Waals surface area contributed by atoms with Crippen LogP contribution in [0.2, 0.25) is 10.0 Å². The molecular formula is C13H11Cl2NS. The summed E-state index contributed by atoms with van der Waals surface area (Å²) < 4.78 is 0. The number of benzene rings is 2. The first-order chi connectivity index (χ1) is 8.16. The molecule has 0 aliphatic rings. The van der Waals surface area contributed by atoms with Crippen molar-refractivity contribution in [2.75, 3.05) is 5.73 Å². The molecule has 0 bridgehead atoms. The second-order valence-electron chi connectivity index (χ2n) is 3.55. The molecule has 0 heterocycles. The van der Waals surface area contributed by atoms with E-state index < -0.39 is 0 Å². The summed E-state index contributed by atoms with van der Waals surface area (Å²) in [6.45, 7) is 0. The third-order valence-electron chi connectivity index (χ3n) is 2.35. The van der Waals surface area contributed by atoms with Crippen LogP contribution in [0.5, 0.6) is 0 Å². The molecule has 0 fully saturated rings. The van der Waals surface area contributed by atoms with E-state index in [4.69, 9.17) is 28.9 Å². The second-order valence-corrected chi connectivity index (χ2v) is 5.44. The van der Waals surface area contributed by atoms with Gasteiger partial charge in [-0.1, -0.05) is 29.3 Å². The quantitative estimate of drug-likeness (QED) is 0.643. The molecule has 2 N–H and O–H groups in total. The van der Waals surface area contributed by atoms with Crippen LogP contribution in [0.1, 0.15) is 5.56 Å². The molecule has 0 saturated heterocycles. The van der Waals surface area contributed by atoms with Crippen LogP contribution in [0.3, 0.4) is 0 Å². The third-order valence-corrected chi connectivity index (χ3v) is 4.00. The molecule has 0 spiro atoms. The second kappa shape index (κ2) is 5.67. The molecule has 2 rings (SSSR count). The number of anilines is 1. The topological polar surface area (TPSA) is 26.0 Å². The summed E-state index contributed by atoms with van der Waals surface area (Å²) in [6.07, 6.45) is 0. The Kier molecular flexibility index (Phi) is 4.21.